The molecular formula is C12H12O3S. The fourth-order valence-electron chi connectivity index (χ4n) is 1.15. The zero-order valence-electron chi connectivity index (χ0n) is 8.86. The average molecular weight is 236 g/mol. The minimum Gasteiger partial charge on any atom is -0.495 e. The lowest BCUT2D eigenvalue weighted by Crippen LogP contribution is -1.98. The molecule has 4 heteroatoms. The van der Waals surface area contributed by atoms with Gasteiger partial charge in [-0.15, -0.1) is 0 Å². The van der Waals surface area contributed by atoms with Crippen LogP contribution < -0.4 is 4.74 Å². The second-order valence-electron chi connectivity index (χ2n) is 3.00. The smallest absolute Gasteiger partial charge is 0.335 e. The van der Waals surface area contributed by atoms with Gasteiger partial charge in [-0.05, 0) is 18.2 Å². The predicted octanol–water partition coefficient (Wildman–Crippen LogP) is 2.06. The highest BCUT2D eigenvalue weighted by atomic mass is 32.1. The molecule has 0 aromatic heterocycles. The fraction of sp³-hybridized carbons (Fsp3) is 0.250. The highest BCUT2D eigenvalue weighted by Gasteiger charge is 2.06. The molecule has 0 heterocycles. The lowest BCUT2D eigenvalue weighted by molar-refractivity contribution is 0.0697. The third-order valence-electron chi connectivity index (χ3n) is 1.91. The predicted molar refractivity (Wildman–Crippen MR) is 65.3 cm³/mol. The first-order valence-corrected chi connectivity index (χ1v) is 5.33. The molecule has 0 saturated carbocycles. The quantitative estimate of drug-likeness (QED) is 0.624. The van der Waals surface area contributed by atoms with Crippen LogP contribution >= 0.6 is 12.6 Å². The number of thiol groups is 1. The molecule has 0 saturated heterocycles. The minimum absolute atomic E-state index is 0.205. The number of benzene rings is 1. The van der Waals surface area contributed by atoms with E-state index in [2.05, 4.69) is 24.5 Å². The van der Waals surface area contributed by atoms with E-state index < -0.39 is 5.97 Å². The fourth-order valence-corrected chi connectivity index (χ4v) is 1.26. The molecule has 0 aliphatic carbocycles. The minimum atomic E-state index is -0.972. The molecule has 0 atom stereocenters. The first kappa shape index (κ1) is 12.5. The van der Waals surface area contributed by atoms with Crippen LogP contribution in [-0.4, -0.2) is 23.9 Å². The first-order valence-electron chi connectivity index (χ1n) is 4.70. The number of hydrogen-bond acceptors (Lipinski definition) is 3. The number of rotatable bonds is 3. The normalized spacial score (nSPS) is 9.12. The number of ether oxygens (including phenoxy) is 1. The van der Waals surface area contributed by atoms with Gasteiger partial charge >= 0.3 is 5.97 Å². The maximum absolute atomic E-state index is 10.8. The van der Waals surface area contributed by atoms with Crippen molar-refractivity contribution in [2.75, 3.05) is 12.9 Å². The molecule has 0 spiro atoms. The lowest BCUT2D eigenvalue weighted by atomic mass is 10.1. The van der Waals surface area contributed by atoms with Gasteiger partial charge in [0.25, 0.3) is 0 Å². The van der Waals surface area contributed by atoms with Gasteiger partial charge in [0.2, 0.25) is 0 Å². The Labute approximate surface area is 99.8 Å². The van der Waals surface area contributed by atoms with Crippen LogP contribution in [0.3, 0.4) is 0 Å². The van der Waals surface area contributed by atoms with Crippen LogP contribution in [0.15, 0.2) is 18.2 Å². The van der Waals surface area contributed by atoms with Crippen molar-refractivity contribution < 1.29 is 14.6 Å². The molecule has 1 N–H and O–H groups in total. The van der Waals surface area contributed by atoms with Gasteiger partial charge in [0.15, 0.2) is 0 Å². The Morgan fingerprint density at radius 1 is 1.56 bits per heavy atom. The molecule has 1 aromatic carbocycles. The zero-order valence-corrected chi connectivity index (χ0v) is 9.75. The van der Waals surface area contributed by atoms with Crippen molar-refractivity contribution in [2.24, 2.45) is 0 Å². The van der Waals surface area contributed by atoms with Crippen LogP contribution in [0.1, 0.15) is 22.3 Å². The number of carbonyl (C=O) groups is 1. The van der Waals surface area contributed by atoms with Crippen LogP contribution in [0.2, 0.25) is 0 Å². The second kappa shape index (κ2) is 6.09. The van der Waals surface area contributed by atoms with Crippen molar-refractivity contribution in [1.29, 1.82) is 0 Å². The van der Waals surface area contributed by atoms with E-state index in [0.29, 0.717) is 23.5 Å². The van der Waals surface area contributed by atoms with Crippen molar-refractivity contribution in [3.05, 3.63) is 29.3 Å². The Balaban J connectivity index is 3.08. The van der Waals surface area contributed by atoms with E-state index in [9.17, 15) is 4.79 Å². The molecule has 1 rings (SSSR count). The Hall–Kier alpha value is -1.60. The number of methoxy groups -OCH3 is 1. The standard InChI is InChI=1S/C12H12O3S/c1-15-11-6-5-10(12(13)14)8-9(11)4-2-3-7-16/h5-6,8,16H,3,7H2,1H3,(H,13,14). The van der Waals surface area contributed by atoms with E-state index in [1.165, 1.54) is 19.2 Å². The van der Waals surface area contributed by atoms with E-state index in [4.69, 9.17) is 9.84 Å². The first-order chi connectivity index (χ1) is 7.69. The molecule has 16 heavy (non-hydrogen) atoms. The molecule has 1 aromatic rings. The second-order valence-corrected chi connectivity index (χ2v) is 3.44. The number of carboxylic acid groups (broad SMARTS) is 1. The Bertz CT molecular complexity index is 443. The van der Waals surface area contributed by atoms with E-state index in [1.54, 1.807) is 6.07 Å². The Kier molecular flexibility index (Phi) is 4.74. The van der Waals surface area contributed by atoms with Gasteiger partial charge < -0.3 is 9.84 Å². The van der Waals surface area contributed by atoms with Gasteiger partial charge in [-0.3, -0.25) is 0 Å². The van der Waals surface area contributed by atoms with Gasteiger partial charge in [-0.25, -0.2) is 4.79 Å². The molecule has 0 unspecified atom stereocenters. The lowest BCUT2D eigenvalue weighted by Gasteiger charge is -2.03. The summed E-state index contributed by atoms with van der Waals surface area (Å²) < 4.78 is 5.10. The maximum Gasteiger partial charge on any atom is 0.335 e. The molecule has 0 amide bonds. The van der Waals surface area contributed by atoms with E-state index in [-0.39, 0.29) is 5.56 Å². The van der Waals surface area contributed by atoms with Crippen molar-refractivity contribution in [3.63, 3.8) is 0 Å². The summed E-state index contributed by atoms with van der Waals surface area (Å²) in [5.74, 6) is 6.05. The SMILES string of the molecule is COc1ccc(C(=O)O)cc1C#CCCS. The van der Waals surface area contributed by atoms with Crippen molar-refractivity contribution in [3.8, 4) is 17.6 Å². The summed E-state index contributed by atoms with van der Waals surface area (Å²) in [5.41, 5.74) is 0.792. The van der Waals surface area contributed by atoms with Gasteiger partial charge in [0.05, 0.1) is 18.2 Å². The van der Waals surface area contributed by atoms with Crippen LogP contribution in [0.25, 0.3) is 0 Å². The van der Waals surface area contributed by atoms with Gasteiger partial charge in [-0.1, -0.05) is 11.8 Å². The van der Waals surface area contributed by atoms with Crippen LogP contribution in [-0.2, 0) is 0 Å². The monoisotopic (exact) mass is 236 g/mol. The van der Waals surface area contributed by atoms with Gasteiger partial charge in [0, 0.05) is 12.2 Å². The molecule has 0 radical (unpaired) electrons. The molecule has 84 valence electrons. The van der Waals surface area contributed by atoms with Crippen LogP contribution in [0.4, 0.5) is 0 Å². The summed E-state index contributed by atoms with van der Waals surface area (Å²) in [6, 6.07) is 4.60. The van der Waals surface area contributed by atoms with Gasteiger partial charge in [0.1, 0.15) is 5.75 Å². The number of aromatic carboxylic acids is 1. The Morgan fingerprint density at radius 3 is 2.88 bits per heavy atom. The summed E-state index contributed by atoms with van der Waals surface area (Å²) >= 11 is 4.04. The van der Waals surface area contributed by atoms with Crippen LogP contribution in [0, 0.1) is 11.8 Å². The Morgan fingerprint density at radius 2 is 2.31 bits per heavy atom. The largest absolute Gasteiger partial charge is 0.495 e. The third-order valence-corrected chi connectivity index (χ3v) is 2.13. The molecule has 0 aliphatic heterocycles. The number of hydrogen-bond donors (Lipinski definition) is 2. The van der Waals surface area contributed by atoms with Crippen molar-refractivity contribution in [1.82, 2.24) is 0 Å². The number of carboxylic acids is 1. The summed E-state index contributed by atoms with van der Waals surface area (Å²) in [6.45, 7) is 0. The summed E-state index contributed by atoms with van der Waals surface area (Å²) in [5, 5.41) is 8.84. The third kappa shape index (κ3) is 3.21. The topological polar surface area (TPSA) is 46.5 Å². The maximum atomic E-state index is 10.8. The molecule has 0 fully saturated rings. The van der Waals surface area contributed by atoms with Crippen LogP contribution in [0.5, 0.6) is 5.75 Å². The van der Waals surface area contributed by atoms with E-state index in [1.807, 2.05) is 0 Å². The molecule has 3 nitrogen and oxygen atoms in total. The van der Waals surface area contributed by atoms with E-state index in [0.717, 1.165) is 0 Å². The highest BCUT2D eigenvalue weighted by molar-refractivity contribution is 7.80. The van der Waals surface area contributed by atoms with Gasteiger partial charge in [-0.2, -0.15) is 12.6 Å². The van der Waals surface area contributed by atoms with Crippen molar-refractivity contribution >= 4 is 18.6 Å². The summed E-state index contributed by atoms with van der Waals surface area (Å²) in [7, 11) is 1.53. The van der Waals surface area contributed by atoms with Crippen molar-refractivity contribution in [2.45, 2.75) is 6.42 Å². The molecule has 0 bridgehead atoms. The highest BCUT2D eigenvalue weighted by Crippen LogP contribution is 2.18. The van der Waals surface area contributed by atoms with E-state index >= 15 is 0 Å². The molecule has 0 aliphatic rings. The summed E-state index contributed by atoms with van der Waals surface area (Å²) in [6.07, 6.45) is 0.656. The average Bonchev–Trinajstić information content (AvgIpc) is 2.29. The zero-order chi connectivity index (χ0) is 12.0. The molecular weight excluding hydrogens is 224 g/mol. The summed E-state index contributed by atoms with van der Waals surface area (Å²) in [4.78, 5) is 10.8.